The molecule has 2 atom stereocenters. The maximum Gasteiger partial charge on any atom is 0.183 e. The highest BCUT2D eigenvalue weighted by molar-refractivity contribution is 6.70. The van der Waals surface area contributed by atoms with E-state index >= 15 is 0 Å². The lowest BCUT2D eigenvalue weighted by atomic mass is 10.0. The molecule has 0 aromatic carbocycles. The Morgan fingerprint density at radius 3 is 1.25 bits per heavy atom. The predicted octanol–water partition coefficient (Wildman–Crippen LogP) is 2.90. The maximum absolute atomic E-state index is 6.13. The molecule has 0 aliphatic carbocycles. The van der Waals surface area contributed by atoms with Gasteiger partial charge < -0.3 is 20.3 Å². The Morgan fingerprint density at radius 1 is 0.700 bits per heavy atom. The van der Waals surface area contributed by atoms with Gasteiger partial charge in [0.1, 0.15) is 0 Å². The fraction of sp³-hybridized carbons (Fsp3) is 1.00. The molecule has 0 radical (unpaired) electrons. The molecule has 6 heteroatoms. The molecule has 122 valence electrons. The molecule has 2 unspecified atom stereocenters. The highest BCUT2D eigenvalue weighted by Gasteiger charge is 2.17. The van der Waals surface area contributed by atoms with Crippen LogP contribution in [0.2, 0.25) is 39.3 Å². The first kappa shape index (κ1) is 20.3. The van der Waals surface area contributed by atoms with Crippen molar-refractivity contribution in [1.29, 1.82) is 0 Å². The van der Waals surface area contributed by atoms with Crippen molar-refractivity contribution in [2.24, 2.45) is 11.5 Å². The Kier molecular flexibility index (Phi) is 9.45. The summed E-state index contributed by atoms with van der Waals surface area (Å²) in [6, 6.07) is 0.152. The van der Waals surface area contributed by atoms with Crippen molar-refractivity contribution < 1.29 is 8.85 Å². The first-order valence-electron chi connectivity index (χ1n) is 7.80. The van der Waals surface area contributed by atoms with Crippen LogP contribution >= 0.6 is 0 Å². The van der Waals surface area contributed by atoms with Gasteiger partial charge in [0, 0.05) is 25.3 Å². The number of rotatable bonds is 11. The lowest BCUT2D eigenvalue weighted by Crippen LogP contribution is -2.42. The molecule has 0 aromatic rings. The van der Waals surface area contributed by atoms with Crippen molar-refractivity contribution in [3.05, 3.63) is 0 Å². The van der Waals surface area contributed by atoms with Crippen molar-refractivity contribution in [3.8, 4) is 0 Å². The smallest absolute Gasteiger partial charge is 0.183 e. The summed E-state index contributed by atoms with van der Waals surface area (Å²) in [7, 11) is -2.77. The molecule has 20 heavy (non-hydrogen) atoms. The zero-order valence-electron chi connectivity index (χ0n) is 14.4. The SMILES string of the molecule is C[Si](C)(C)OCCCC(N)C(N)CCCO[Si](C)(C)C. The third-order valence-corrected chi connectivity index (χ3v) is 5.12. The van der Waals surface area contributed by atoms with E-state index in [2.05, 4.69) is 39.3 Å². The Balaban J connectivity index is 3.64. The van der Waals surface area contributed by atoms with Crippen LogP contribution in [0.3, 0.4) is 0 Å². The minimum absolute atomic E-state index is 0.0760. The molecule has 0 aliphatic rings. The number of hydrogen-bond donors (Lipinski definition) is 2. The quantitative estimate of drug-likeness (QED) is 0.453. The second-order valence-electron chi connectivity index (χ2n) is 7.53. The summed E-state index contributed by atoms with van der Waals surface area (Å²) in [5.41, 5.74) is 12.3. The Labute approximate surface area is 127 Å². The average molecular weight is 321 g/mol. The zero-order chi connectivity index (χ0) is 15.8. The first-order chi connectivity index (χ1) is 9.01. The Bertz CT molecular complexity index is 227. The summed E-state index contributed by atoms with van der Waals surface area (Å²) >= 11 is 0. The van der Waals surface area contributed by atoms with Crippen molar-refractivity contribution in [3.63, 3.8) is 0 Å². The van der Waals surface area contributed by atoms with E-state index in [4.69, 9.17) is 20.3 Å². The van der Waals surface area contributed by atoms with E-state index in [1.165, 1.54) is 0 Å². The first-order valence-corrected chi connectivity index (χ1v) is 14.6. The summed E-state index contributed by atoms with van der Waals surface area (Å²) in [5.74, 6) is 0. The van der Waals surface area contributed by atoms with Crippen LogP contribution in [0.15, 0.2) is 0 Å². The van der Waals surface area contributed by atoms with Crippen LogP contribution in [0, 0.1) is 0 Å². The van der Waals surface area contributed by atoms with Gasteiger partial charge in [0.2, 0.25) is 0 Å². The second-order valence-corrected chi connectivity index (χ2v) is 16.6. The molecule has 0 saturated carbocycles. The fourth-order valence-electron chi connectivity index (χ4n) is 1.82. The normalized spacial score (nSPS) is 16.2. The van der Waals surface area contributed by atoms with E-state index in [-0.39, 0.29) is 12.1 Å². The summed E-state index contributed by atoms with van der Waals surface area (Å²) < 4.78 is 11.6. The molecule has 0 saturated heterocycles. The van der Waals surface area contributed by atoms with Gasteiger partial charge in [-0.15, -0.1) is 0 Å². The lowest BCUT2D eigenvalue weighted by Gasteiger charge is -2.22. The van der Waals surface area contributed by atoms with Gasteiger partial charge in [-0.25, -0.2) is 0 Å². The minimum Gasteiger partial charge on any atom is -0.418 e. The number of hydrogen-bond acceptors (Lipinski definition) is 4. The minimum atomic E-state index is -1.39. The van der Waals surface area contributed by atoms with Crippen LogP contribution in [-0.2, 0) is 8.85 Å². The van der Waals surface area contributed by atoms with Gasteiger partial charge in [-0.05, 0) is 65.0 Å². The topological polar surface area (TPSA) is 70.5 Å². The molecule has 0 rings (SSSR count). The second kappa shape index (κ2) is 9.32. The molecular weight excluding hydrogens is 284 g/mol. The summed E-state index contributed by atoms with van der Waals surface area (Å²) in [5, 5.41) is 0. The van der Waals surface area contributed by atoms with E-state index in [1.54, 1.807) is 0 Å². The van der Waals surface area contributed by atoms with E-state index < -0.39 is 16.6 Å². The molecule has 0 spiro atoms. The van der Waals surface area contributed by atoms with Crippen LogP contribution in [0.25, 0.3) is 0 Å². The molecule has 0 fully saturated rings. The monoisotopic (exact) mass is 320 g/mol. The molecule has 4 N–H and O–H groups in total. The third kappa shape index (κ3) is 13.3. The van der Waals surface area contributed by atoms with Gasteiger partial charge in [0.05, 0.1) is 0 Å². The van der Waals surface area contributed by atoms with Crippen LogP contribution in [0.5, 0.6) is 0 Å². The maximum atomic E-state index is 6.13. The standard InChI is InChI=1S/C14H36N2O2Si2/c1-19(2,3)17-11-7-9-13(15)14(16)10-8-12-18-20(4,5)6/h13-14H,7-12,15-16H2,1-6H3. The van der Waals surface area contributed by atoms with E-state index in [0.29, 0.717) is 0 Å². The van der Waals surface area contributed by atoms with Gasteiger partial charge in [-0.3, -0.25) is 0 Å². The van der Waals surface area contributed by atoms with Gasteiger partial charge in [0.15, 0.2) is 16.6 Å². The molecular formula is C14H36N2O2Si2. The summed E-state index contributed by atoms with van der Waals surface area (Å²) in [6.07, 6.45) is 3.90. The fourth-order valence-corrected chi connectivity index (χ4v) is 3.34. The summed E-state index contributed by atoms with van der Waals surface area (Å²) in [4.78, 5) is 0. The molecule has 0 amide bonds. The Morgan fingerprint density at radius 2 is 1.00 bits per heavy atom. The van der Waals surface area contributed by atoms with Gasteiger partial charge in [-0.1, -0.05) is 0 Å². The van der Waals surface area contributed by atoms with E-state index in [9.17, 15) is 0 Å². The highest BCUT2D eigenvalue weighted by Crippen LogP contribution is 2.09. The molecule has 0 aliphatic heterocycles. The Hall–Kier alpha value is 0.274. The predicted molar refractivity (Wildman–Crippen MR) is 93.0 cm³/mol. The van der Waals surface area contributed by atoms with Crippen molar-refractivity contribution in [1.82, 2.24) is 0 Å². The lowest BCUT2D eigenvalue weighted by molar-refractivity contribution is 0.278. The van der Waals surface area contributed by atoms with Crippen LogP contribution in [0.1, 0.15) is 25.7 Å². The zero-order valence-corrected chi connectivity index (χ0v) is 16.4. The van der Waals surface area contributed by atoms with Crippen molar-refractivity contribution >= 4 is 16.6 Å². The molecule has 0 aromatic heterocycles. The third-order valence-electron chi connectivity index (χ3n) is 2.98. The van der Waals surface area contributed by atoms with E-state index in [0.717, 1.165) is 38.9 Å². The molecule has 0 bridgehead atoms. The van der Waals surface area contributed by atoms with Gasteiger partial charge >= 0.3 is 0 Å². The average Bonchev–Trinajstić information content (AvgIpc) is 2.27. The summed E-state index contributed by atoms with van der Waals surface area (Å²) in [6.45, 7) is 14.9. The van der Waals surface area contributed by atoms with E-state index in [1.807, 2.05) is 0 Å². The van der Waals surface area contributed by atoms with Crippen molar-refractivity contribution in [2.75, 3.05) is 13.2 Å². The molecule has 0 heterocycles. The largest absolute Gasteiger partial charge is 0.418 e. The van der Waals surface area contributed by atoms with Gasteiger partial charge in [-0.2, -0.15) is 0 Å². The van der Waals surface area contributed by atoms with Crippen molar-refractivity contribution in [2.45, 2.75) is 77.0 Å². The highest BCUT2D eigenvalue weighted by atomic mass is 28.4. The number of nitrogens with two attached hydrogens (primary N) is 2. The van der Waals surface area contributed by atoms with Crippen LogP contribution in [0.4, 0.5) is 0 Å². The van der Waals surface area contributed by atoms with Gasteiger partial charge in [0.25, 0.3) is 0 Å². The molecule has 4 nitrogen and oxygen atoms in total. The van der Waals surface area contributed by atoms with Crippen LogP contribution < -0.4 is 11.5 Å². The van der Waals surface area contributed by atoms with Crippen LogP contribution in [-0.4, -0.2) is 41.9 Å².